The summed E-state index contributed by atoms with van der Waals surface area (Å²) in [5.41, 5.74) is 6.89. The van der Waals surface area contributed by atoms with E-state index in [1.54, 1.807) is 24.4 Å². The molecule has 0 saturated carbocycles. The van der Waals surface area contributed by atoms with Crippen molar-refractivity contribution in [1.29, 1.82) is 0 Å². The summed E-state index contributed by atoms with van der Waals surface area (Å²) in [5.74, 6) is 1.10. The van der Waals surface area contributed by atoms with Crippen molar-refractivity contribution in [3.63, 3.8) is 0 Å². The molecule has 1 aromatic carbocycles. The normalized spacial score (nSPS) is 11.2. The standard InChI is InChI=1S/C14H15N3O3/c1-19-12-6-10(14(15)17-18)7-13(8-12)20-9-11-4-2-3-5-16-11/h2-8,18H,9H2,1H3,(H2,15,17). The maximum atomic E-state index is 8.72. The monoisotopic (exact) mass is 273 g/mol. The molecule has 0 amide bonds. The molecule has 0 aliphatic heterocycles. The number of aromatic nitrogens is 1. The van der Waals surface area contributed by atoms with Crippen molar-refractivity contribution in [3.8, 4) is 11.5 Å². The van der Waals surface area contributed by atoms with Crippen LogP contribution in [0.25, 0.3) is 0 Å². The topological polar surface area (TPSA) is 90.0 Å². The highest BCUT2D eigenvalue weighted by molar-refractivity contribution is 5.97. The number of hydrogen-bond donors (Lipinski definition) is 2. The van der Waals surface area contributed by atoms with Crippen LogP contribution in [0.1, 0.15) is 11.3 Å². The molecule has 0 saturated heterocycles. The van der Waals surface area contributed by atoms with Gasteiger partial charge in [0.1, 0.15) is 18.1 Å². The van der Waals surface area contributed by atoms with Gasteiger partial charge < -0.3 is 20.4 Å². The minimum atomic E-state index is -0.00779. The van der Waals surface area contributed by atoms with E-state index in [2.05, 4.69) is 10.1 Å². The molecule has 6 heteroatoms. The van der Waals surface area contributed by atoms with E-state index in [1.165, 1.54) is 7.11 Å². The quantitative estimate of drug-likeness (QED) is 0.375. The number of pyridine rings is 1. The van der Waals surface area contributed by atoms with Crippen LogP contribution in [-0.2, 0) is 6.61 Å². The summed E-state index contributed by atoms with van der Waals surface area (Å²) in [7, 11) is 1.54. The Labute approximate surface area is 116 Å². The first-order chi connectivity index (χ1) is 9.72. The largest absolute Gasteiger partial charge is 0.497 e. The van der Waals surface area contributed by atoms with Crippen LogP contribution in [0, 0.1) is 0 Å². The fourth-order valence-electron chi connectivity index (χ4n) is 1.62. The van der Waals surface area contributed by atoms with E-state index in [9.17, 15) is 0 Å². The van der Waals surface area contributed by atoms with Gasteiger partial charge in [-0.1, -0.05) is 11.2 Å². The first-order valence-corrected chi connectivity index (χ1v) is 5.92. The number of amidine groups is 1. The molecule has 1 heterocycles. The van der Waals surface area contributed by atoms with Gasteiger partial charge in [0.25, 0.3) is 0 Å². The summed E-state index contributed by atoms with van der Waals surface area (Å²) in [5, 5.41) is 11.7. The Morgan fingerprint density at radius 2 is 2.10 bits per heavy atom. The molecule has 20 heavy (non-hydrogen) atoms. The van der Waals surface area contributed by atoms with Crippen LogP contribution in [0.4, 0.5) is 0 Å². The van der Waals surface area contributed by atoms with Gasteiger partial charge >= 0.3 is 0 Å². The first kappa shape index (κ1) is 13.7. The van der Waals surface area contributed by atoms with Gasteiger partial charge in [0.05, 0.1) is 12.8 Å². The van der Waals surface area contributed by atoms with Crippen LogP contribution >= 0.6 is 0 Å². The molecule has 0 bridgehead atoms. The number of ether oxygens (including phenoxy) is 2. The SMILES string of the molecule is COc1cc(OCc2ccccn2)cc(/C(N)=N/O)c1. The third-order valence-electron chi connectivity index (χ3n) is 2.63. The molecule has 1 aromatic heterocycles. The summed E-state index contributed by atoms with van der Waals surface area (Å²) in [6, 6.07) is 10.6. The van der Waals surface area contributed by atoms with Crippen molar-refractivity contribution in [2.24, 2.45) is 10.9 Å². The number of oxime groups is 1. The lowest BCUT2D eigenvalue weighted by Crippen LogP contribution is -2.13. The highest BCUT2D eigenvalue weighted by Crippen LogP contribution is 2.23. The molecule has 0 unspecified atom stereocenters. The van der Waals surface area contributed by atoms with E-state index in [0.717, 1.165) is 5.69 Å². The van der Waals surface area contributed by atoms with Gasteiger partial charge in [-0.2, -0.15) is 0 Å². The smallest absolute Gasteiger partial charge is 0.170 e. The molecule has 0 radical (unpaired) electrons. The minimum Gasteiger partial charge on any atom is -0.497 e. The molecule has 2 rings (SSSR count). The third kappa shape index (κ3) is 3.38. The minimum absolute atomic E-state index is 0.00779. The van der Waals surface area contributed by atoms with Gasteiger partial charge in [0.15, 0.2) is 5.84 Å². The second-order valence-electron chi connectivity index (χ2n) is 3.99. The van der Waals surface area contributed by atoms with Gasteiger partial charge in [-0.25, -0.2) is 0 Å². The van der Waals surface area contributed by atoms with Crippen molar-refractivity contribution >= 4 is 5.84 Å². The Morgan fingerprint density at radius 1 is 1.30 bits per heavy atom. The van der Waals surface area contributed by atoms with Crippen LogP contribution in [-0.4, -0.2) is 23.1 Å². The fraction of sp³-hybridized carbons (Fsp3) is 0.143. The van der Waals surface area contributed by atoms with Crippen LogP contribution < -0.4 is 15.2 Å². The number of benzene rings is 1. The van der Waals surface area contributed by atoms with Crippen molar-refractivity contribution in [3.05, 3.63) is 53.9 Å². The molecular formula is C14H15N3O3. The number of nitrogens with two attached hydrogens (primary N) is 1. The zero-order valence-corrected chi connectivity index (χ0v) is 11.0. The molecule has 0 aliphatic rings. The van der Waals surface area contributed by atoms with Crippen LogP contribution in [0.5, 0.6) is 11.5 Å². The Kier molecular flexibility index (Phi) is 4.39. The van der Waals surface area contributed by atoms with E-state index < -0.39 is 0 Å². The second-order valence-corrected chi connectivity index (χ2v) is 3.99. The summed E-state index contributed by atoms with van der Waals surface area (Å²) in [6.45, 7) is 0.323. The molecule has 0 spiro atoms. The molecule has 0 aliphatic carbocycles. The Balaban J connectivity index is 2.18. The van der Waals surface area contributed by atoms with Crippen LogP contribution in [0.15, 0.2) is 47.8 Å². The summed E-state index contributed by atoms with van der Waals surface area (Å²) in [6.07, 6.45) is 1.70. The highest BCUT2D eigenvalue weighted by atomic mass is 16.5. The Bertz CT molecular complexity index is 600. The average molecular weight is 273 g/mol. The lowest BCUT2D eigenvalue weighted by Gasteiger charge is -2.10. The van der Waals surface area contributed by atoms with Crippen LogP contribution in [0.3, 0.4) is 0 Å². The fourth-order valence-corrected chi connectivity index (χ4v) is 1.62. The van der Waals surface area contributed by atoms with E-state index in [-0.39, 0.29) is 5.84 Å². The molecule has 6 nitrogen and oxygen atoms in total. The van der Waals surface area contributed by atoms with Crippen LogP contribution in [0.2, 0.25) is 0 Å². The first-order valence-electron chi connectivity index (χ1n) is 5.92. The number of nitrogens with zero attached hydrogens (tertiary/aromatic N) is 2. The Morgan fingerprint density at radius 3 is 2.75 bits per heavy atom. The van der Waals surface area contributed by atoms with E-state index in [4.69, 9.17) is 20.4 Å². The highest BCUT2D eigenvalue weighted by Gasteiger charge is 2.06. The van der Waals surface area contributed by atoms with Gasteiger partial charge in [-0.3, -0.25) is 4.98 Å². The molecule has 3 N–H and O–H groups in total. The third-order valence-corrected chi connectivity index (χ3v) is 2.63. The Hall–Kier alpha value is -2.76. The zero-order valence-electron chi connectivity index (χ0n) is 11.0. The van der Waals surface area contributed by atoms with Crippen molar-refractivity contribution in [2.45, 2.75) is 6.61 Å². The molecule has 0 fully saturated rings. The van der Waals surface area contributed by atoms with Gasteiger partial charge in [0.2, 0.25) is 0 Å². The van der Waals surface area contributed by atoms with Crippen molar-refractivity contribution in [1.82, 2.24) is 4.98 Å². The summed E-state index contributed by atoms with van der Waals surface area (Å²) in [4.78, 5) is 4.17. The predicted molar refractivity (Wildman–Crippen MR) is 74.1 cm³/mol. The zero-order chi connectivity index (χ0) is 14.4. The molecule has 104 valence electrons. The number of hydrogen-bond acceptors (Lipinski definition) is 5. The van der Waals surface area contributed by atoms with E-state index >= 15 is 0 Å². The van der Waals surface area contributed by atoms with Gasteiger partial charge in [-0.15, -0.1) is 0 Å². The van der Waals surface area contributed by atoms with Crippen molar-refractivity contribution in [2.75, 3.05) is 7.11 Å². The van der Waals surface area contributed by atoms with Gasteiger partial charge in [-0.05, 0) is 24.3 Å². The summed E-state index contributed by atoms with van der Waals surface area (Å²) >= 11 is 0. The number of methoxy groups -OCH3 is 1. The lowest BCUT2D eigenvalue weighted by molar-refractivity contribution is 0.298. The van der Waals surface area contributed by atoms with Gasteiger partial charge in [0, 0.05) is 17.8 Å². The molecular weight excluding hydrogens is 258 g/mol. The average Bonchev–Trinajstić information content (AvgIpc) is 2.52. The summed E-state index contributed by atoms with van der Waals surface area (Å²) < 4.78 is 10.8. The maximum absolute atomic E-state index is 8.72. The van der Waals surface area contributed by atoms with Crippen molar-refractivity contribution < 1.29 is 14.7 Å². The second kappa shape index (κ2) is 6.42. The van der Waals surface area contributed by atoms with E-state index in [0.29, 0.717) is 23.7 Å². The number of rotatable bonds is 5. The molecule has 0 atom stereocenters. The van der Waals surface area contributed by atoms with E-state index in [1.807, 2.05) is 18.2 Å². The molecule has 2 aromatic rings. The predicted octanol–water partition coefficient (Wildman–Crippen LogP) is 1.76. The maximum Gasteiger partial charge on any atom is 0.170 e. The lowest BCUT2D eigenvalue weighted by atomic mass is 10.2.